The fraction of sp³-hybridized carbons (Fsp3) is 0. The summed E-state index contributed by atoms with van der Waals surface area (Å²) in [5.74, 6) is 0. The van der Waals surface area contributed by atoms with E-state index in [1.54, 1.807) is 0 Å². The van der Waals surface area contributed by atoms with Crippen molar-refractivity contribution >= 4 is 47.6 Å². The van der Waals surface area contributed by atoms with Gasteiger partial charge in [-0.2, -0.15) is 0 Å². The average molecular weight is 388 g/mol. The van der Waals surface area contributed by atoms with Gasteiger partial charge in [0.1, 0.15) is 12.6 Å². The van der Waals surface area contributed by atoms with Crippen LogP contribution in [0.15, 0.2) is 84.9 Å². The molecule has 0 radical (unpaired) electrons. The predicted octanol–water partition coefficient (Wildman–Crippen LogP) is 6.81. The molecule has 0 saturated carbocycles. The number of fused-ring (bicyclic) bond motifs is 1. The van der Waals surface area contributed by atoms with Crippen LogP contribution in [0.25, 0.3) is 35.1 Å². The Bertz CT molecular complexity index is 1150. The van der Waals surface area contributed by atoms with E-state index in [-0.39, 0.29) is 0 Å². The zero-order chi connectivity index (χ0) is 20.8. The van der Waals surface area contributed by atoms with Crippen LogP contribution in [-0.4, -0.2) is 12.6 Å². The van der Waals surface area contributed by atoms with Crippen molar-refractivity contribution in [3.8, 4) is 0 Å². The molecular weight excluding hydrogens is 368 g/mol. The van der Waals surface area contributed by atoms with Crippen molar-refractivity contribution < 1.29 is 9.59 Å². The summed E-state index contributed by atoms with van der Waals surface area (Å²) < 4.78 is 0. The zero-order valence-electron chi connectivity index (χ0n) is 16.4. The van der Waals surface area contributed by atoms with Crippen LogP contribution < -0.4 is 0 Å². The first kappa shape index (κ1) is 19.3. The lowest BCUT2D eigenvalue weighted by Crippen LogP contribution is -1.84. The van der Waals surface area contributed by atoms with Gasteiger partial charge < -0.3 is 0 Å². The second-order valence-electron chi connectivity index (χ2n) is 7.03. The molecule has 0 N–H and O–H groups in total. The highest BCUT2D eigenvalue weighted by Crippen LogP contribution is 2.26. The fourth-order valence-corrected chi connectivity index (χ4v) is 3.42. The van der Waals surface area contributed by atoms with Gasteiger partial charge in [-0.1, -0.05) is 109 Å². The average Bonchev–Trinajstić information content (AvgIpc) is 2.82. The van der Waals surface area contributed by atoms with E-state index in [2.05, 4.69) is 60.7 Å². The summed E-state index contributed by atoms with van der Waals surface area (Å²) in [7, 11) is 0. The van der Waals surface area contributed by atoms with Gasteiger partial charge in [0.25, 0.3) is 0 Å². The van der Waals surface area contributed by atoms with Crippen molar-refractivity contribution in [2.45, 2.75) is 0 Å². The highest BCUT2D eigenvalue weighted by atomic mass is 16.1. The van der Waals surface area contributed by atoms with Crippen LogP contribution in [0.3, 0.4) is 0 Å². The zero-order valence-corrected chi connectivity index (χ0v) is 16.4. The summed E-state index contributed by atoms with van der Waals surface area (Å²) in [5, 5.41) is 2.36. The Hall–Kier alpha value is -4.04. The molecule has 0 fully saturated rings. The first-order valence-electron chi connectivity index (χ1n) is 9.75. The quantitative estimate of drug-likeness (QED) is 0.269. The molecule has 0 spiro atoms. The number of rotatable bonds is 6. The standard InChI is InChI=1S/C28H20O2/c29-19-23-11-7-21(8-12-23)15-17-26-5-1-3-25-4-2-6-27(28(25)26)18-16-22-9-13-24(20-30)14-10-22/h1-20H. The molecule has 0 aliphatic rings. The SMILES string of the molecule is O=Cc1ccc(C=Cc2cccc3cccc(C=Cc4ccc(C=O)cc4)c23)cc1. The van der Waals surface area contributed by atoms with Gasteiger partial charge in [0.05, 0.1) is 0 Å². The van der Waals surface area contributed by atoms with E-state index in [4.69, 9.17) is 0 Å². The first-order valence-corrected chi connectivity index (χ1v) is 9.75. The number of carbonyl (C=O) groups excluding carboxylic acids is 2. The van der Waals surface area contributed by atoms with Gasteiger partial charge >= 0.3 is 0 Å². The van der Waals surface area contributed by atoms with Crippen molar-refractivity contribution in [3.05, 3.63) is 118 Å². The van der Waals surface area contributed by atoms with Gasteiger partial charge in [0, 0.05) is 11.1 Å². The summed E-state index contributed by atoms with van der Waals surface area (Å²) in [6, 6.07) is 27.6. The molecule has 0 atom stereocenters. The summed E-state index contributed by atoms with van der Waals surface area (Å²) in [5.41, 5.74) is 5.69. The Labute approximate surface area is 175 Å². The minimum absolute atomic E-state index is 0.672. The topological polar surface area (TPSA) is 34.1 Å². The molecule has 0 saturated heterocycles. The van der Waals surface area contributed by atoms with Gasteiger partial charge in [0.15, 0.2) is 0 Å². The smallest absolute Gasteiger partial charge is 0.150 e. The Kier molecular flexibility index (Phi) is 5.77. The number of benzene rings is 4. The van der Waals surface area contributed by atoms with Crippen molar-refractivity contribution in [1.29, 1.82) is 0 Å². The molecule has 4 aromatic rings. The molecular formula is C28H20O2. The summed E-state index contributed by atoms with van der Waals surface area (Å²) >= 11 is 0. The van der Waals surface area contributed by atoms with Gasteiger partial charge in [-0.15, -0.1) is 0 Å². The van der Waals surface area contributed by atoms with Crippen molar-refractivity contribution in [2.75, 3.05) is 0 Å². The van der Waals surface area contributed by atoms with Crippen molar-refractivity contribution in [3.63, 3.8) is 0 Å². The molecule has 30 heavy (non-hydrogen) atoms. The molecule has 144 valence electrons. The van der Waals surface area contributed by atoms with E-state index in [9.17, 15) is 9.59 Å². The molecule has 0 aliphatic heterocycles. The van der Waals surface area contributed by atoms with Crippen LogP contribution in [0.2, 0.25) is 0 Å². The van der Waals surface area contributed by atoms with Crippen LogP contribution in [0.5, 0.6) is 0 Å². The second kappa shape index (κ2) is 8.97. The number of hydrogen-bond donors (Lipinski definition) is 0. The molecule has 0 amide bonds. The lowest BCUT2D eigenvalue weighted by atomic mass is 9.97. The molecule has 2 heteroatoms. The number of aldehydes is 2. The van der Waals surface area contributed by atoms with E-state index in [1.807, 2.05) is 48.5 Å². The molecule has 0 aliphatic carbocycles. The molecule has 0 heterocycles. The summed E-state index contributed by atoms with van der Waals surface area (Å²) in [4.78, 5) is 21.7. The Morgan fingerprint density at radius 1 is 0.433 bits per heavy atom. The summed E-state index contributed by atoms with van der Waals surface area (Å²) in [6.45, 7) is 0. The summed E-state index contributed by atoms with van der Waals surface area (Å²) in [6.07, 6.45) is 10.0. The number of carbonyl (C=O) groups is 2. The van der Waals surface area contributed by atoms with Crippen LogP contribution in [0, 0.1) is 0 Å². The van der Waals surface area contributed by atoms with Gasteiger partial charge in [0.2, 0.25) is 0 Å². The Morgan fingerprint density at radius 2 is 0.833 bits per heavy atom. The van der Waals surface area contributed by atoms with E-state index in [1.165, 1.54) is 10.8 Å². The van der Waals surface area contributed by atoms with E-state index < -0.39 is 0 Å². The molecule has 0 aromatic heterocycles. The Balaban J connectivity index is 1.70. The maximum atomic E-state index is 10.8. The van der Waals surface area contributed by atoms with Crippen LogP contribution in [-0.2, 0) is 0 Å². The second-order valence-corrected chi connectivity index (χ2v) is 7.03. The normalized spacial score (nSPS) is 11.3. The lowest BCUT2D eigenvalue weighted by molar-refractivity contribution is 0.111. The van der Waals surface area contributed by atoms with Crippen molar-refractivity contribution in [2.24, 2.45) is 0 Å². The van der Waals surface area contributed by atoms with Crippen LogP contribution in [0.1, 0.15) is 43.0 Å². The first-order chi connectivity index (χ1) is 14.8. The maximum Gasteiger partial charge on any atom is 0.150 e. The minimum Gasteiger partial charge on any atom is -0.298 e. The minimum atomic E-state index is 0.672. The highest BCUT2D eigenvalue weighted by molar-refractivity contribution is 6.00. The third-order valence-corrected chi connectivity index (χ3v) is 5.02. The van der Waals surface area contributed by atoms with Crippen molar-refractivity contribution in [1.82, 2.24) is 0 Å². The third-order valence-electron chi connectivity index (χ3n) is 5.02. The number of hydrogen-bond acceptors (Lipinski definition) is 2. The fourth-order valence-electron chi connectivity index (χ4n) is 3.42. The predicted molar refractivity (Wildman–Crippen MR) is 125 cm³/mol. The molecule has 0 bridgehead atoms. The lowest BCUT2D eigenvalue weighted by Gasteiger charge is -2.07. The van der Waals surface area contributed by atoms with Gasteiger partial charge in [-0.25, -0.2) is 0 Å². The molecule has 4 aromatic carbocycles. The van der Waals surface area contributed by atoms with E-state index in [0.717, 1.165) is 34.8 Å². The van der Waals surface area contributed by atoms with E-state index in [0.29, 0.717) is 11.1 Å². The monoisotopic (exact) mass is 388 g/mol. The Morgan fingerprint density at radius 3 is 1.23 bits per heavy atom. The van der Waals surface area contributed by atoms with E-state index >= 15 is 0 Å². The van der Waals surface area contributed by atoms with Gasteiger partial charge in [-0.05, 0) is 33.0 Å². The van der Waals surface area contributed by atoms with Gasteiger partial charge in [-0.3, -0.25) is 9.59 Å². The molecule has 2 nitrogen and oxygen atoms in total. The molecule has 4 rings (SSSR count). The largest absolute Gasteiger partial charge is 0.298 e. The molecule has 0 unspecified atom stereocenters. The third kappa shape index (κ3) is 4.34. The maximum absolute atomic E-state index is 10.8. The van der Waals surface area contributed by atoms with Crippen LogP contribution >= 0.6 is 0 Å². The van der Waals surface area contributed by atoms with Crippen LogP contribution in [0.4, 0.5) is 0 Å². The highest BCUT2D eigenvalue weighted by Gasteiger charge is 2.03.